The fourth-order valence-electron chi connectivity index (χ4n) is 2.35. The maximum atomic E-state index is 12.6. The molecule has 0 bridgehead atoms. The van der Waals surface area contributed by atoms with Gasteiger partial charge in [-0.1, -0.05) is 58.0 Å². The number of sulfone groups is 1. The third-order valence-corrected chi connectivity index (χ3v) is 7.01. The quantitative estimate of drug-likeness (QED) is 0.386. The first kappa shape index (κ1) is 21.3. The van der Waals surface area contributed by atoms with E-state index in [4.69, 9.17) is 0 Å². The summed E-state index contributed by atoms with van der Waals surface area (Å²) >= 11 is 4.25. The Balaban J connectivity index is 1.64. The van der Waals surface area contributed by atoms with Gasteiger partial charge in [0.25, 0.3) is 5.56 Å². The predicted octanol–water partition coefficient (Wildman–Crippen LogP) is 2.77. The second kappa shape index (κ2) is 9.38. The van der Waals surface area contributed by atoms with Gasteiger partial charge < -0.3 is 10.3 Å². The van der Waals surface area contributed by atoms with E-state index in [2.05, 4.69) is 31.2 Å². The number of nitrogens with zero attached hydrogens (tertiary/aromatic N) is 1. The highest BCUT2D eigenvalue weighted by atomic mass is 79.9. The molecule has 2 N–H and O–H groups in total. The van der Waals surface area contributed by atoms with Crippen molar-refractivity contribution >= 4 is 43.4 Å². The van der Waals surface area contributed by atoms with Crippen LogP contribution in [0.25, 0.3) is 0 Å². The average molecular weight is 494 g/mol. The number of amides is 1. The number of aromatic nitrogens is 2. The van der Waals surface area contributed by atoms with Crippen LogP contribution in [0.15, 0.2) is 85.0 Å². The van der Waals surface area contributed by atoms with Crippen LogP contribution in [0.1, 0.15) is 5.56 Å². The summed E-state index contributed by atoms with van der Waals surface area (Å²) < 4.78 is 26.0. The lowest BCUT2D eigenvalue weighted by Gasteiger charge is -2.06. The van der Waals surface area contributed by atoms with Crippen LogP contribution in [0.3, 0.4) is 0 Å². The first-order chi connectivity index (χ1) is 13.9. The number of benzene rings is 2. The summed E-state index contributed by atoms with van der Waals surface area (Å²) in [5.41, 5.74) is 0.190. The van der Waals surface area contributed by atoms with Crippen LogP contribution >= 0.6 is 27.7 Å². The molecule has 1 amide bonds. The van der Waals surface area contributed by atoms with E-state index in [1.54, 1.807) is 12.1 Å². The Morgan fingerprint density at radius 1 is 1.10 bits per heavy atom. The van der Waals surface area contributed by atoms with Gasteiger partial charge in [-0.05, 0) is 29.8 Å². The molecule has 2 aromatic carbocycles. The summed E-state index contributed by atoms with van der Waals surface area (Å²) in [6, 6.07) is 15.4. The van der Waals surface area contributed by atoms with Crippen LogP contribution in [0.4, 0.5) is 0 Å². The molecule has 0 unspecified atom stereocenters. The van der Waals surface area contributed by atoms with Crippen molar-refractivity contribution in [1.82, 2.24) is 15.3 Å². The molecule has 10 heteroatoms. The van der Waals surface area contributed by atoms with Gasteiger partial charge in [0, 0.05) is 11.0 Å². The van der Waals surface area contributed by atoms with Gasteiger partial charge >= 0.3 is 0 Å². The van der Waals surface area contributed by atoms with E-state index in [0.29, 0.717) is 6.54 Å². The molecular weight excluding hydrogens is 478 g/mol. The minimum atomic E-state index is -3.99. The topological polar surface area (TPSA) is 109 Å². The number of hydrogen-bond acceptors (Lipinski definition) is 6. The molecule has 3 aromatic rings. The number of halogens is 1. The molecule has 29 heavy (non-hydrogen) atoms. The number of thioether (sulfide) groups is 1. The molecule has 7 nitrogen and oxygen atoms in total. The summed E-state index contributed by atoms with van der Waals surface area (Å²) in [4.78, 5) is 30.2. The molecule has 1 aromatic heterocycles. The number of carbonyl (C=O) groups excluding carboxylic acids is 1. The summed E-state index contributed by atoms with van der Waals surface area (Å²) in [5.74, 6) is -0.192. The van der Waals surface area contributed by atoms with E-state index in [0.717, 1.165) is 28.0 Å². The molecule has 0 atom stereocenters. The van der Waals surface area contributed by atoms with Crippen LogP contribution in [-0.2, 0) is 21.2 Å². The van der Waals surface area contributed by atoms with Crippen molar-refractivity contribution in [2.45, 2.75) is 21.5 Å². The molecule has 150 valence electrons. The zero-order valence-electron chi connectivity index (χ0n) is 15.0. The minimum Gasteiger partial charge on any atom is -0.351 e. The van der Waals surface area contributed by atoms with E-state index >= 15 is 0 Å². The lowest BCUT2D eigenvalue weighted by molar-refractivity contribution is -0.118. The number of rotatable bonds is 7. The van der Waals surface area contributed by atoms with Gasteiger partial charge in [0.2, 0.25) is 15.7 Å². The normalized spacial score (nSPS) is 11.2. The average Bonchev–Trinajstić information content (AvgIpc) is 2.71. The van der Waals surface area contributed by atoms with Crippen molar-refractivity contribution in [3.05, 3.63) is 81.2 Å². The molecule has 0 aliphatic rings. The van der Waals surface area contributed by atoms with Gasteiger partial charge in [-0.2, -0.15) is 0 Å². The highest BCUT2D eigenvalue weighted by molar-refractivity contribution is 9.10. The number of hydrogen-bond donors (Lipinski definition) is 2. The molecule has 0 radical (unpaired) electrons. The molecule has 0 saturated heterocycles. The Labute approximate surface area is 180 Å². The number of aromatic amines is 1. The number of H-pyrrole nitrogens is 1. The van der Waals surface area contributed by atoms with Crippen LogP contribution in [-0.4, -0.2) is 30.0 Å². The zero-order valence-corrected chi connectivity index (χ0v) is 18.2. The van der Waals surface area contributed by atoms with E-state index in [1.807, 2.05) is 30.3 Å². The second-order valence-corrected chi connectivity index (χ2v) is 9.69. The van der Waals surface area contributed by atoms with E-state index in [-0.39, 0.29) is 21.7 Å². The van der Waals surface area contributed by atoms with Crippen molar-refractivity contribution in [2.75, 3.05) is 5.75 Å². The molecule has 0 aliphatic carbocycles. The van der Waals surface area contributed by atoms with Crippen LogP contribution in [0, 0.1) is 0 Å². The predicted molar refractivity (Wildman–Crippen MR) is 113 cm³/mol. The second-order valence-electron chi connectivity index (χ2n) is 5.89. The molecule has 0 aliphatic heterocycles. The fourth-order valence-corrected chi connectivity index (χ4v) is 4.52. The molecule has 0 fully saturated rings. The van der Waals surface area contributed by atoms with E-state index < -0.39 is 20.3 Å². The fraction of sp³-hybridized carbons (Fsp3) is 0.105. The Morgan fingerprint density at radius 2 is 1.79 bits per heavy atom. The Hall–Kier alpha value is -2.43. The summed E-state index contributed by atoms with van der Waals surface area (Å²) in [7, 11) is -3.99. The van der Waals surface area contributed by atoms with Gasteiger partial charge in [-0.15, -0.1) is 0 Å². The first-order valence-corrected chi connectivity index (χ1v) is 11.7. The van der Waals surface area contributed by atoms with Crippen molar-refractivity contribution in [2.24, 2.45) is 0 Å². The van der Waals surface area contributed by atoms with Gasteiger partial charge in [0.15, 0.2) is 10.1 Å². The molecule has 3 rings (SSSR count). The maximum Gasteiger partial charge on any atom is 0.270 e. The smallest absolute Gasteiger partial charge is 0.270 e. The minimum absolute atomic E-state index is 0.00584. The summed E-state index contributed by atoms with van der Waals surface area (Å²) in [5, 5.41) is 2.93. The first-order valence-electron chi connectivity index (χ1n) is 8.39. The SMILES string of the molecule is O=C(CSc1ncc(S(=O)(=O)c2ccc(Br)cc2)c(=O)[nH]1)NCc1ccccc1. The van der Waals surface area contributed by atoms with Crippen LogP contribution in [0.5, 0.6) is 0 Å². The van der Waals surface area contributed by atoms with Gasteiger partial charge in [0.1, 0.15) is 0 Å². The molecule has 0 spiro atoms. The highest BCUT2D eigenvalue weighted by Gasteiger charge is 2.22. The highest BCUT2D eigenvalue weighted by Crippen LogP contribution is 2.20. The number of nitrogens with one attached hydrogen (secondary N) is 2. The van der Waals surface area contributed by atoms with Crippen molar-refractivity contribution < 1.29 is 13.2 Å². The van der Waals surface area contributed by atoms with Crippen molar-refractivity contribution in [3.63, 3.8) is 0 Å². The van der Waals surface area contributed by atoms with E-state index in [9.17, 15) is 18.0 Å². The Kier molecular flexibility index (Phi) is 6.88. The van der Waals surface area contributed by atoms with Gasteiger partial charge in [-0.3, -0.25) is 9.59 Å². The molecular formula is C19H16BrN3O4S2. The Bertz CT molecular complexity index is 1160. The van der Waals surface area contributed by atoms with Gasteiger partial charge in [0.05, 0.1) is 16.8 Å². The third-order valence-electron chi connectivity index (χ3n) is 3.83. The van der Waals surface area contributed by atoms with Gasteiger partial charge in [-0.25, -0.2) is 13.4 Å². The number of carbonyl (C=O) groups is 1. The largest absolute Gasteiger partial charge is 0.351 e. The molecule has 1 heterocycles. The Morgan fingerprint density at radius 3 is 2.45 bits per heavy atom. The van der Waals surface area contributed by atoms with Crippen LogP contribution in [0.2, 0.25) is 0 Å². The van der Waals surface area contributed by atoms with Crippen molar-refractivity contribution in [3.8, 4) is 0 Å². The summed E-state index contributed by atoms with van der Waals surface area (Å²) in [6.07, 6.45) is 1.01. The monoisotopic (exact) mass is 493 g/mol. The summed E-state index contributed by atoms with van der Waals surface area (Å²) in [6.45, 7) is 0.397. The van der Waals surface area contributed by atoms with Crippen LogP contribution < -0.4 is 10.9 Å². The third kappa shape index (κ3) is 5.55. The van der Waals surface area contributed by atoms with E-state index in [1.165, 1.54) is 12.1 Å². The van der Waals surface area contributed by atoms with Crippen molar-refractivity contribution in [1.29, 1.82) is 0 Å². The molecule has 0 saturated carbocycles. The lowest BCUT2D eigenvalue weighted by Crippen LogP contribution is -2.25. The zero-order chi connectivity index (χ0) is 20.9. The lowest BCUT2D eigenvalue weighted by atomic mass is 10.2. The standard InChI is InChI=1S/C19H16BrN3O4S2/c20-14-6-8-15(9-7-14)29(26,27)16-11-22-19(23-18(16)25)28-12-17(24)21-10-13-4-2-1-3-5-13/h1-9,11H,10,12H2,(H,21,24)(H,22,23,25). The maximum absolute atomic E-state index is 12.6.